The van der Waals surface area contributed by atoms with Crippen LogP contribution >= 0.6 is 11.8 Å². The van der Waals surface area contributed by atoms with Gasteiger partial charge in [0.15, 0.2) is 5.75 Å². The molecule has 0 radical (unpaired) electrons. The standard InChI is InChI=1S/C21H16O4S/c1-3-20(23)25-21-17-12-8-7-11-16(17)18(24-14(2)22)13-19(21)26-15-9-5-4-6-10-15/h3-13H,1H2,2H3. The zero-order valence-corrected chi connectivity index (χ0v) is 14.9. The second kappa shape index (κ2) is 7.89. The van der Waals surface area contributed by atoms with Crippen molar-refractivity contribution < 1.29 is 19.1 Å². The van der Waals surface area contributed by atoms with E-state index in [1.165, 1.54) is 18.7 Å². The molecule has 3 aromatic rings. The molecule has 0 fully saturated rings. The topological polar surface area (TPSA) is 52.6 Å². The van der Waals surface area contributed by atoms with E-state index in [1.54, 1.807) is 6.07 Å². The lowest BCUT2D eigenvalue weighted by atomic mass is 10.1. The third-order valence-electron chi connectivity index (χ3n) is 3.52. The summed E-state index contributed by atoms with van der Waals surface area (Å²) in [7, 11) is 0. The minimum Gasteiger partial charge on any atom is -0.426 e. The van der Waals surface area contributed by atoms with Crippen LogP contribution in [0, 0.1) is 0 Å². The molecule has 0 aliphatic heterocycles. The van der Waals surface area contributed by atoms with E-state index < -0.39 is 11.9 Å². The van der Waals surface area contributed by atoms with Crippen molar-refractivity contribution in [2.45, 2.75) is 16.7 Å². The molecule has 0 aliphatic rings. The summed E-state index contributed by atoms with van der Waals surface area (Å²) < 4.78 is 10.9. The van der Waals surface area contributed by atoms with Gasteiger partial charge < -0.3 is 9.47 Å². The van der Waals surface area contributed by atoms with Crippen molar-refractivity contribution in [3.8, 4) is 11.5 Å². The summed E-state index contributed by atoms with van der Waals surface area (Å²) in [5, 5.41) is 1.37. The van der Waals surface area contributed by atoms with Gasteiger partial charge in [0.05, 0.1) is 4.90 Å². The Morgan fingerprint density at radius 2 is 1.62 bits per heavy atom. The summed E-state index contributed by atoms with van der Waals surface area (Å²) in [4.78, 5) is 25.0. The second-order valence-corrected chi connectivity index (χ2v) is 6.50. The molecule has 5 heteroatoms. The second-order valence-electron chi connectivity index (χ2n) is 5.38. The van der Waals surface area contributed by atoms with E-state index >= 15 is 0 Å². The Morgan fingerprint density at radius 3 is 2.27 bits per heavy atom. The minimum atomic E-state index is -0.551. The van der Waals surface area contributed by atoms with Crippen LogP contribution in [0.3, 0.4) is 0 Å². The van der Waals surface area contributed by atoms with Crippen molar-refractivity contribution in [1.82, 2.24) is 0 Å². The van der Waals surface area contributed by atoms with Crippen molar-refractivity contribution >= 4 is 34.5 Å². The molecule has 26 heavy (non-hydrogen) atoms. The molecule has 0 bridgehead atoms. The first kappa shape index (κ1) is 17.8. The van der Waals surface area contributed by atoms with Gasteiger partial charge in [-0.3, -0.25) is 4.79 Å². The maximum atomic E-state index is 11.9. The fraction of sp³-hybridized carbons (Fsp3) is 0.0476. The van der Waals surface area contributed by atoms with Crippen LogP contribution in [0.1, 0.15) is 6.92 Å². The number of carbonyl (C=O) groups is 2. The van der Waals surface area contributed by atoms with Gasteiger partial charge in [-0.05, 0) is 18.2 Å². The van der Waals surface area contributed by atoms with E-state index in [0.29, 0.717) is 27.2 Å². The third-order valence-corrected chi connectivity index (χ3v) is 4.55. The number of benzene rings is 3. The fourth-order valence-corrected chi connectivity index (χ4v) is 3.43. The highest BCUT2D eigenvalue weighted by Gasteiger charge is 2.18. The average molecular weight is 364 g/mol. The molecule has 130 valence electrons. The summed E-state index contributed by atoms with van der Waals surface area (Å²) in [6, 6.07) is 18.7. The van der Waals surface area contributed by atoms with Gasteiger partial charge in [-0.25, -0.2) is 4.79 Å². The zero-order valence-electron chi connectivity index (χ0n) is 14.1. The van der Waals surface area contributed by atoms with Gasteiger partial charge in [0.25, 0.3) is 0 Å². The van der Waals surface area contributed by atoms with E-state index in [1.807, 2.05) is 54.6 Å². The molecular formula is C21H16O4S. The normalized spacial score (nSPS) is 10.3. The number of carbonyl (C=O) groups excluding carboxylic acids is 2. The van der Waals surface area contributed by atoms with Crippen LogP contribution in [-0.4, -0.2) is 11.9 Å². The summed E-state index contributed by atoms with van der Waals surface area (Å²) >= 11 is 1.42. The number of rotatable bonds is 5. The van der Waals surface area contributed by atoms with E-state index in [4.69, 9.17) is 9.47 Å². The summed E-state index contributed by atoms with van der Waals surface area (Å²) in [6.45, 7) is 4.81. The molecule has 0 heterocycles. The van der Waals surface area contributed by atoms with E-state index in [-0.39, 0.29) is 0 Å². The molecule has 4 nitrogen and oxygen atoms in total. The fourth-order valence-electron chi connectivity index (χ4n) is 2.47. The van der Waals surface area contributed by atoms with Crippen molar-refractivity contribution in [2.24, 2.45) is 0 Å². The Morgan fingerprint density at radius 1 is 0.962 bits per heavy atom. The van der Waals surface area contributed by atoms with Gasteiger partial charge in [-0.2, -0.15) is 0 Å². The predicted octanol–water partition coefficient (Wildman–Crippen LogP) is 5.01. The lowest BCUT2D eigenvalue weighted by Crippen LogP contribution is -2.06. The molecule has 0 amide bonds. The quantitative estimate of drug-likeness (QED) is 0.362. The van der Waals surface area contributed by atoms with Gasteiger partial charge in [0.1, 0.15) is 5.75 Å². The van der Waals surface area contributed by atoms with Crippen molar-refractivity contribution in [3.63, 3.8) is 0 Å². The van der Waals surface area contributed by atoms with Crippen LogP contribution in [0.4, 0.5) is 0 Å². The zero-order chi connectivity index (χ0) is 18.5. The highest BCUT2D eigenvalue weighted by Crippen LogP contribution is 2.44. The Kier molecular flexibility index (Phi) is 5.39. The van der Waals surface area contributed by atoms with Crippen LogP contribution in [0.5, 0.6) is 11.5 Å². The third kappa shape index (κ3) is 3.95. The van der Waals surface area contributed by atoms with Gasteiger partial charge in [0.2, 0.25) is 0 Å². The lowest BCUT2D eigenvalue weighted by Gasteiger charge is -2.15. The number of fused-ring (bicyclic) bond motifs is 1. The van der Waals surface area contributed by atoms with Crippen LogP contribution in [0.15, 0.2) is 83.1 Å². The largest absolute Gasteiger partial charge is 0.426 e. The number of hydrogen-bond acceptors (Lipinski definition) is 5. The van der Waals surface area contributed by atoms with Crippen LogP contribution in [0.25, 0.3) is 10.8 Å². The first-order valence-corrected chi connectivity index (χ1v) is 8.71. The summed E-state index contributed by atoms with van der Waals surface area (Å²) in [6.07, 6.45) is 1.12. The molecule has 0 saturated carbocycles. The van der Waals surface area contributed by atoms with Gasteiger partial charge in [0, 0.05) is 28.7 Å². The molecule has 0 atom stereocenters. The molecular weight excluding hydrogens is 348 g/mol. The van der Waals surface area contributed by atoms with Gasteiger partial charge >= 0.3 is 11.9 Å². The van der Waals surface area contributed by atoms with Gasteiger partial charge in [-0.15, -0.1) is 0 Å². The van der Waals surface area contributed by atoms with Gasteiger partial charge in [-0.1, -0.05) is 60.8 Å². The highest BCUT2D eigenvalue weighted by molar-refractivity contribution is 7.99. The molecule has 0 aliphatic carbocycles. The summed E-state index contributed by atoms with van der Waals surface area (Å²) in [5.74, 6) is -0.132. The van der Waals surface area contributed by atoms with Crippen molar-refractivity contribution in [3.05, 3.63) is 73.3 Å². The molecule has 0 unspecified atom stereocenters. The predicted molar refractivity (Wildman–Crippen MR) is 102 cm³/mol. The van der Waals surface area contributed by atoms with Crippen molar-refractivity contribution in [2.75, 3.05) is 0 Å². The van der Waals surface area contributed by atoms with E-state index in [0.717, 1.165) is 11.0 Å². The average Bonchev–Trinajstić information content (AvgIpc) is 2.65. The molecule has 0 saturated heterocycles. The smallest absolute Gasteiger partial charge is 0.335 e. The highest BCUT2D eigenvalue weighted by atomic mass is 32.2. The molecule has 0 aromatic heterocycles. The monoisotopic (exact) mass is 364 g/mol. The van der Waals surface area contributed by atoms with Crippen LogP contribution in [0.2, 0.25) is 0 Å². The minimum absolute atomic E-state index is 0.412. The molecule has 0 N–H and O–H groups in total. The Labute approximate surface area is 155 Å². The van der Waals surface area contributed by atoms with Crippen molar-refractivity contribution in [1.29, 1.82) is 0 Å². The Bertz CT molecular complexity index is 980. The molecule has 3 aromatic carbocycles. The first-order chi connectivity index (χ1) is 12.6. The number of hydrogen-bond donors (Lipinski definition) is 0. The SMILES string of the molecule is C=CC(=O)Oc1c(Sc2ccccc2)cc(OC(C)=O)c2ccccc12. The summed E-state index contributed by atoms with van der Waals surface area (Å²) in [5.41, 5.74) is 0. The number of esters is 2. The Balaban J connectivity index is 2.21. The van der Waals surface area contributed by atoms with E-state index in [9.17, 15) is 9.59 Å². The van der Waals surface area contributed by atoms with E-state index in [2.05, 4.69) is 6.58 Å². The maximum Gasteiger partial charge on any atom is 0.335 e. The van der Waals surface area contributed by atoms with Crippen LogP contribution in [-0.2, 0) is 9.59 Å². The lowest BCUT2D eigenvalue weighted by molar-refractivity contribution is -0.132. The maximum absolute atomic E-state index is 11.9. The Hall–Kier alpha value is -3.05. The number of ether oxygens (including phenoxy) is 2. The molecule has 3 rings (SSSR count). The van der Waals surface area contributed by atoms with Crippen LogP contribution < -0.4 is 9.47 Å². The molecule has 0 spiro atoms. The first-order valence-electron chi connectivity index (χ1n) is 7.90.